The highest BCUT2D eigenvalue weighted by Crippen LogP contribution is 2.34. The third kappa shape index (κ3) is 5.82. The first-order valence-electron chi connectivity index (χ1n) is 6.44. The summed E-state index contributed by atoms with van der Waals surface area (Å²) < 4.78 is 34.6. The van der Waals surface area contributed by atoms with Gasteiger partial charge in [0.2, 0.25) is 5.75 Å². The van der Waals surface area contributed by atoms with E-state index in [-0.39, 0.29) is 17.7 Å². The molecule has 0 bridgehead atoms. The Morgan fingerprint density at radius 3 is 1.91 bits per heavy atom. The van der Waals surface area contributed by atoms with Gasteiger partial charge in [0.15, 0.2) is 11.5 Å². The Hall–Kier alpha value is -2.83. The lowest BCUT2D eigenvalue weighted by Crippen LogP contribution is -2.00. The Morgan fingerprint density at radius 1 is 1.04 bits per heavy atom. The summed E-state index contributed by atoms with van der Waals surface area (Å²) in [5, 5.41) is 17.6. The van der Waals surface area contributed by atoms with Crippen molar-refractivity contribution in [3.05, 3.63) is 53.6 Å². The lowest BCUT2D eigenvalue weighted by atomic mass is 10.1. The number of halogens is 2. The van der Waals surface area contributed by atoms with E-state index < -0.39 is 17.6 Å². The molecule has 0 aromatic heterocycles. The topological polar surface area (TPSA) is 76.0 Å². The number of carboxylic acid groups (broad SMARTS) is 1. The molecule has 0 saturated carbocycles. The Balaban J connectivity index is 0.000000231. The number of rotatable bonds is 4. The van der Waals surface area contributed by atoms with E-state index in [1.165, 1.54) is 14.2 Å². The Bertz CT molecular complexity index is 631. The summed E-state index contributed by atoms with van der Waals surface area (Å²) in [4.78, 5) is 10.1. The number of hydrogen-bond donors (Lipinski definition) is 2. The molecule has 124 valence electrons. The lowest BCUT2D eigenvalue weighted by molar-refractivity contribution is -0.136. The second-order valence-electron chi connectivity index (χ2n) is 4.36. The van der Waals surface area contributed by atoms with Crippen LogP contribution in [-0.4, -0.2) is 30.4 Å². The van der Waals surface area contributed by atoms with Gasteiger partial charge in [-0.15, -0.1) is 0 Å². The number of aromatic hydroxyl groups is 1. The molecule has 2 aromatic carbocycles. The summed E-state index contributed by atoms with van der Waals surface area (Å²) in [6, 6.07) is 7.77. The minimum Gasteiger partial charge on any atom is -0.502 e. The summed E-state index contributed by atoms with van der Waals surface area (Å²) in [5.74, 6) is -1.75. The van der Waals surface area contributed by atoms with E-state index in [1.807, 2.05) is 0 Å². The molecule has 0 fully saturated rings. The van der Waals surface area contributed by atoms with Crippen LogP contribution in [0, 0.1) is 11.6 Å². The minimum absolute atomic E-state index is 0.0394. The molecule has 0 spiro atoms. The van der Waals surface area contributed by atoms with Gasteiger partial charge in [-0.05, 0) is 29.8 Å². The van der Waals surface area contributed by atoms with Gasteiger partial charge in [-0.1, -0.05) is 6.07 Å². The van der Waals surface area contributed by atoms with Crippen LogP contribution in [0.1, 0.15) is 5.56 Å². The highest BCUT2D eigenvalue weighted by Gasteiger charge is 2.05. The van der Waals surface area contributed by atoms with Crippen molar-refractivity contribution in [1.29, 1.82) is 0 Å². The zero-order valence-corrected chi connectivity index (χ0v) is 12.5. The molecule has 0 amide bonds. The highest BCUT2D eigenvalue weighted by molar-refractivity contribution is 5.70. The van der Waals surface area contributed by atoms with Gasteiger partial charge in [-0.25, -0.2) is 8.78 Å². The molecular formula is C16H16F2O5. The molecule has 2 rings (SSSR count). The quantitative estimate of drug-likeness (QED) is 0.903. The van der Waals surface area contributed by atoms with Crippen LogP contribution in [0.5, 0.6) is 17.2 Å². The molecule has 0 aliphatic rings. The van der Waals surface area contributed by atoms with E-state index in [4.69, 9.17) is 14.6 Å². The monoisotopic (exact) mass is 326 g/mol. The normalized spacial score (nSPS) is 9.57. The van der Waals surface area contributed by atoms with Crippen molar-refractivity contribution in [2.75, 3.05) is 14.2 Å². The van der Waals surface area contributed by atoms with Crippen LogP contribution >= 0.6 is 0 Å². The summed E-state index contributed by atoms with van der Waals surface area (Å²) in [6.07, 6.45) is -0.366. The number of benzene rings is 2. The molecule has 0 heterocycles. The number of phenolic OH excluding ortho intramolecular Hbond substituents is 1. The Kier molecular flexibility index (Phi) is 6.79. The number of ether oxygens (including phenoxy) is 2. The molecular weight excluding hydrogens is 310 g/mol. The fraction of sp³-hybridized carbons (Fsp3) is 0.188. The third-order valence-electron chi connectivity index (χ3n) is 2.68. The van der Waals surface area contributed by atoms with E-state index in [0.29, 0.717) is 17.6 Å². The van der Waals surface area contributed by atoms with Gasteiger partial charge >= 0.3 is 5.97 Å². The van der Waals surface area contributed by atoms with Crippen LogP contribution in [0.3, 0.4) is 0 Å². The van der Waals surface area contributed by atoms with Crippen LogP contribution in [0.15, 0.2) is 36.4 Å². The lowest BCUT2D eigenvalue weighted by Gasteiger charge is -2.06. The molecule has 0 aliphatic carbocycles. The Labute approximate surface area is 131 Å². The fourth-order valence-corrected chi connectivity index (χ4v) is 1.72. The first-order valence-corrected chi connectivity index (χ1v) is 6.44. The molecule has 0 saturated heterocycles. The van der Waals surface area contributed by atoms with E-state index in [2.05, 4.69) is 0 Å². The summed E-state index contributed by atoms with van der Waals surface area (Å²) in [5.41, 5.74) is 0.125. The number of carbonyl (C=O) groups is 1. The van der Waals surface area contributed by atoms with Crippen LogP contribution in [0.4, 0.5) is 8.78 Å². The number of hydrogen-bond acceptors (Lipinski definition) is 4. The van der Waals surface area contributed by atoms with Gasteiger partial charge in [0.1, 0.15) is 11.6 Å². The maximum absolute atomic E-state index is 12.4. The number of methoxy groups -OCH3 is 2. The van der Waals surface area contributed by atoms with Crippen molar-refractivity contribution < 1.29 is 33.3 Å². The summed E-state index contributed by atoms with van der Waals surface area (Å²) in [6.45, 7) is 0. The van der Waals surface area contributed by atoms with Crippen LogP contribution in [0.2, 0.25) is 0 Å². The van der Waals surface area contributed by atoms with Gasteiger partial charge in [-0.2, -0.15) is 0 Å². The standard InChI is InChI=1S/C8H6F2O2.C8H10O3/c9-6-1-5(3-8(11)12)2-7(10)4-6;1-10-6-4-3-5-7(11-2)8(6)9/h1-2,4H,3H2,(H,11,12);3-5,9H,1-2H3. The SMILES string of the molecule is COc1cccc(OC)c1O.O=C(O)Cc1cc(F)cc(F)c1. The zero-order chi connectivity index (χ0) is 17.4. The minimum atomic E-state index is -1.11. The van der Waals surface area contributed by atoms with E-state index in [9.17, 15) is 18.7 Å². The first kappa shape index (κ1) is 18.2. The van der Waals surface area contributed by atoms with Crippen molar-refractivity contribution in [1.82, 2.24) is 0 Å². The van der Waals surface area contributed by atoms with Crippen LogP contribution in [0.25, 0.3) is 0 Å². The van der Waals surface area contributed by atoms with Gasteiger partial charge in [0, 0.05) is 6.07 Å². The first-order chi connectivity index (χ1) is 10.9. The summed E-state index contributed by atoms with van der Waals surface area (Å²) in [7, 11) is 2.99. The van der Waals surface area contributed by atoms with Gasteiger partial charge < -0.3 is 19.7 Å². The van der Waals surface area contributed by atoms with Crippen molar-refractivity contribution in [3.63, 3.8) is 0 Å². The van der Waals surface area contributed by atoms with Gasteiger partial charge in [-0.3, -0.25) is 4.79 Å². The molecule has 7 heteroatoms. The Morgan fingerprint density at radius 2 is 1.52 bits per heavy atom. The van der Waals surface area contributed by atoms with Gasteiger partial charge in [0.25, 0.3) is 0 Å². The van der Waals surface area contributed by atoms with Crippen molar-refractivity contribution in [3.8, 4) is 17.2 Å². The van der Waals surface area contributed by atoms with Gasteiger partial charge in [0.05, 0.1) is 20.6 Å². The second-order valence-corrected chi connectivity index (χ2v) is 4.36. The third-order valence-corrected chi connectivity index (χ3v) is 2.68. The van der Waals surface area contributed by atoms with E-state index in [1.54, 1.807) is 18.2 Å². The molecule has 0 atom stereocenters. The van der Waals surface area contributed by atoms with Crippen molar-refractivity contribution >= 4 is 5.97 Å². The second kappa shape index (κ2) is 8.57. The predicted octanol–water partition coefficient (Wildman–Crippen LogP) is 3.00. The largest absolute Gasteiger partial charge is 0.502 e. The maximum Gasteiger partial charge on any atom is 0.307 e. The number of para-hydroxylation sites is 1. The predicted molar refractivity (Wildman–Crippen MR) is 78.9 cm³/mol. The van der Waals surface area contributed by atoms with Crippen molar-refractivity contribution in [2.45, 2.75) is 6.42 Å². The van der Waals surface area contributed by atoms with Crippen molar-refractivity contribution in [2.24, 2.45) is 0 Å². The molecule has 2 N–H and O–H groups in total. The van der Waals surface area contributed by atoms with Crippen LogP contribution < -0.4 is 9.47 Å². The average molecular weight is 326 g/mol. The summed E-state index contributed by atoms with van der Waals surface area (Å²) >= 11 is 0. The zero-order valence-electron chi connectivity index (χ0n) is 12.5. The molecule has 0 unspecified atom stereocenters. The number of carboxylic acids is 1. The molecule has 5 nitrogen and oxygen atoms in total. The van der Waals surface area contributed by atoms with E-state index >= 15 is 0 Å². The smallest absolute Gasteiger partial charge is 0.307 e. The maximum atomic E-state index is 12.4. The molecule has 0 radical (unpaired) electrons. The number of phenols is 1. The molecule has 0 aliphatic heterocycles. The fourth-order valence-electron chi connectivity index (χ4n) is 1.72. The average Bonchev–Trinajstić information content (AvgIpc) is 2.46. The van der Waals surface area contributed by atoms with E-state index in [0.717, 1.165) is 12.1 Å². The molecule has 23 heavy (non-hydrogen) atoms. The van der Waals surface area contributed by atoms with Crippen LogP contribution in [-0.2, 0) is 11.2 Å². The highest BCUT2D eigenvalue weighted by atomic mass is 19.1. The molecule has 2 aromatic rings. The number of aliphatic carboxylic acids is 1.